The highest BCUT2D eigenvalue weighted by atomic mass is 35.5. The molecule has 2 aromatic carbocycles. The Morgan fingerprint density at radius 3 is 2.67 bits per heavy atom. The number of aromatic amines is 1. The Morgan fingerprint density at radius 1 is 1.05 bits per heavy atom. The van der Waals surface area contributed by atoms with Gasteiger partial charge in [-0.25, -0.2) is 0 Å². The smallest absolute Gasteiger partial charge is 0.189 e. The van der Waals surface area contributed by atoms with E-state index in [2.05, 4.69) is 4.98 Å². The molecule has 1 heterocycles. The molecule has 0 radical (unpaired) electrons. The molecule has 3 heteroatoms. The van der Waals surface area contributed by atoms with Crippen LogP contribution in [0.15, 0.2) is 53.3 Å². The second-order valence-electron chi connectivity index (χ2n) is 4.99. The Labute approximate surface area is 127 Å². The second kappa shape index (κ2) is 5.58. The van der Waals surface area contributed by atoms with Crippen LogP contribution < -0.4 is 5.43 Å². The molecule has 0 fully saturated rings. The summed E-state index contributed by atoms with van der Waals surface area (Å²) in [5.41, 5.74) is 3.62. The molecule has 21 heavy (non-hydrogen) atoms. The van der Waals surface area contributed by atoms with Crippen molar-refractivity contribution in [2.75, 3.05) is 0 Å². The molecule has 3 aromatic rings. The summed E-state index contributed by atoms with van der Waals surface area (Å²) < 4.78 is 0. The van der Waals surface area contributed by atoms with Gasteiger partial charge in [0.1, 0.15) is 0 Å². The van der Waals surface area contributed by atoms with E-state index < -0.39 is 0 Å². The van der Waals surface area contributed by atoms with E-state index in [1.54, 1.807) is 6.07 Å². The van der Waals surface area contributed by atoms with Gasteiger partial charge in [-0.1, -0.05) is 47.5 Å². The number of benzene rings is 2. The minimum absolute atomic E-state index is 0.0197. The van der Waals surface area contributed by atoms with Gasteiger partial charge in [-0.3, -0.25) is 4.79 Å². The predicted octanol–water partition coefficient (Wildman–Crippen LogP) is 4.66. The molecule has 0 aliphatic heterocycles. The van der Waals surface area contributed by atoms with Crippen molar-refractivity contribution in [1.29, 1.82) is 0 Å². The number of rotatable bonds is 2. The standard InChI is InChI=1S/C18H14ClNO/c1-12-6-9-17-15(10-12)18(21)11-14(20-17)8-7-13-4-2-3-5-16(13)19/h2-11H,1H3,(H,20,21)/b8-7+. The number of hydrogen-bond donors (Lipinski definition) is 1. The van der Waals surface area contributed by atoms with E-state index in [-0.39, 0.29) is 5.43 Å². The van der Waals surface area contributed by atoms with Crippen molar-refractivity contribution in [3.05, 3.63) is 80.6 Å². The van der Waals surface area contributed by atoms with Crippen molar-refractivity contribution in [3.8, 4) is 0 Å². The summed E-state index contributed by atoms with van der Waals surface area (Å²) in [4.78, 5) is 15.4. The largest absolute Gasteiger partial charge is 0.355 e. The van der Waals surface area contributed by atoms with Crippen LogP contribution in [0.5, 0.6) is 0 Å². The molecule has 0 saturated heterocycles. The molecule has 2 nitrogen and oxygen atoms in total. The zero-order valence-corrected chi connectivity index (χ0v) is 12.3. The summed E-state index contributed by atoms with van der Waals surface area (Å²) in [6.07, 6.45) is 3.76. The van der Waals surface area contributed by atoms with E-state index >= 15 is 0 Å². The normalized spacial score (nSPS) is 11.3. The van der Waals surface area contributed by atoms with Gasteiger partial charge in [0.25, 0.3) is 0 Å². The lowest BCUT2D eigenvalue weighted by Crippen LogP contribution is -2.03. The topological polar surface area (TPSA) is 32.9 Å². The lowest BCUT2D eigenvalue weighted by molar-refractivity contribution is 1.34. The summed E-state index contributed by atoms with van der Waals surface area (Å²) in [6.45, 7) is 1.98. The van der Waals surface area contributed by atoms with Gasteiger partial charge >= 0.3 is 0 Å². The van der Waals surface area contributed by atoms with E-state index in [4.69, 9.17) is 11.6 Å². The van der Waals surface area contributed by atoms with Crippen molar-refractivity contribution in [2.45, 2.75) is 6.92 Å². The van der Waals surface area contributed by atoms with Crippen LogP contribution in [0.4, 0.5) is 0 Å². The van der Waals surface area contributed by atoms with Gasteiger partial charge in [0, 0.05) is 27.7 Å². The van der Waals surface area contributed by atoms with Gasteiger partial charge in [0.2, 0.25) is 0 Å². The first kappa shape index (κ1) is 13.7. The summed E-state index contributed by atoms with van der Waals surface area (Å²) in [7, 11) is 0. The fourth-order valence-corrected chi connectivity index (χ4v) is 2.46. The minimum Gasteiger partial charge on any atom is -0.355 e. The fourth-order valence-electron chi connectivity index (χ4n) is 2.26. The Kier molecular flexibility index (Phi) is 3.63. The average Bonchev–Trinajstić information content (AvgIpc) is 2.47. The average molecular weight is 296 g/mol. The maximum atomic E-state index is 12.2. The van der Waals surface area contributed by atoms with Crippen molar-refractivity contribution in [2.24, 2.45) is 0 Å². The Balaban J connectivity index is 2.04. The van der Waals surface area contributed by atoms with Crippen LogP contribution in [-0.2, 0) is 0 Å². The number of nitrogens with one attached hydrogen (secondary N) is 1. The highest BCUT2D eigenvalue weighted by Gasteiger charge is 2.01. The quantitative estimate of drug-likeness (QED) is 0.733. The molecule has 0 bridgehead atoms. The lowest BCUT2D eigenvalue weighted by atomic mass is 10.1. The fraction of sp³-hybridized carbons (Fsp3) is 0.0556. The van der Waals surface area contributed by atoms with Crippen molar-refractivity contribution in [1.82, 2.24) is 4.98 Å². The zero-order chi connectivity index (χ0) is 14.8. The molecule has 0 amide bonds. The van der Waals surface area contributed by atoms with E-state index in [1.807, 2.05) is 61.5 Å². The zero-order valence-electron chi connectivity index (χ0n) is 11.6. The molecule has 0 atom stereocenters. The van der Waals surface area contributed by atoms with Gasteiger partial charge in [0.05, 0.1) is 0 Å². The molecule has 0 aliphatic rings. The number of H-pyrrole nitrogens is 1. The van der Waals surface area contributed by atoms with Crippen LogP contribution in [0.2, 0.25) is 5.02 Å². The van der Waals surface area contributed by atoms with Crippen molar-refractivity contribution < 1.29 is 0 Å². The third-order valence-corrected chi connectivity index (χ3v) is 3.70. The molecular formula is C18H14ClNO. The molecular weight excluding hydrogens is 282 g/mol. The van der Waals surface area contributed by atoms with E-state index in [1.165, 1.54) is 0 Å². The number of fused-ring (bicyclic) bond motifs is 1. The van der Waals surface area contributed by atoms with Gasteiger partial charge < -0.3 is 4.98 Å². The van der Waals surface area contributed by atoms with Crippen LogP contribution in [0.3, 0.4) is 0 Å². The maximum Gasteiger partial charge on any atom is 0.189 e. The van der Waals surface area contributed by atoms with Crippen LogP contribution in [0.1, 0.15) is 16.8 Å². The predicted molar refractivity (Wildman–Crippen MR) is 89.7 cm³/mol. The first-order valence-corrected chi connectivity index (χ1v) is 7.07. The summed E-state index contributed by atoms with van der Waals surface area (Å²) in [5, 5.41) is 1.40. The summed E-state index contributed by atoms with van der Waals surface area (Å²) in [6, 6.07) is 15.0. The third-order valence-electron chi connectivity index (χ3n) is 3.35. The van der Waals surface area contributed by atoms with E-state index in [0.29, 0.717) is 10.4 Å². The molecule has 0 unspecified atom stereocenters. The molecule has 1 N–H and O–H groups in total. The van der Waals surface area contributed by atoms with Gasteiger partial charge in [-0.2, -0.15) is 0 Å². The second-order valence-corrected chi connectivity index (χ2v) is 5.40. The molecule has 0 saturated carbocycles. The number of halogens is 1. The molecule has 3 rings (SSSR count). The summed E-state index contributed by atoms with van der Waals surface area (Å²) >= 11 is 6.11. The Bertz CT molecular complexity index is 893. The summed E-state index contributed by atoms with van der Waals surface area (Å²) in [5.74, 6) is 0. The minimum atomic E-state index is 0.0197. The monoisotopic (exact) mass is 295 g/mol. The number of hydrogen-bond acceptors (Lipinski definition) is 1. The molecule has 0 aliphatic carbocycles. The van der Waals surface area contributed by atoms with Crippen molar-refractivity contribution in [3.63, 3.8) is 0 Å². The Hall–Kier alpha value is -2.32. The van der Waals surface area contributed by atoms with Gasteiger partial charge in [-0.05, 0) is 36.8 Å². The molecule has 0 spiro atoms. The van der Waals surface area contributed by atoms with Crippen LogP contribution in [0.25, 0.3) is 23.1 Å². The van der Waals surface area contributed by atoms with Crippen LogP contribution >= 0.6 is 11.6 Å². The number of aryl methyl sites for hydroxylation is 1. The van der Waals surface area contributed by atoms with Crippen LogP contribution in [0, 0.1) is 6.92 Å². The highest BCUT2D eigenvalue weighted by Crippen LogP contribution is 2.18. The first-order valence-electron chi connectivity index (χ1n) is 6.70. The van der Waals surface area contributed by atoms with E-state index in [0.717, 1.165) is 22.3 Å². The highest BCUT2D eigenvalue weighted by molar-refractivity contribution is 6.32. The molecule has 104 valence electrons. The molecule has 1 aromatic heterocycles. The van der Waals surface area contributed by atoms with Gasteiger partial charge in [-0.15, -0.1) is 0 Å². The third kappa shape index (κ3) is 2.91. The number of aromatic nitrogens is 1. The Morgan fingerprint density at radius 2 is 1.86 bits per heavy atom. The SMILES string of the molecule is Cc1ccc2[nH]c(/C=C/c3ccccc3Cl)cc(=O)c2c1. The van der Waals surface area contributed by atoms with Crippen molar-refractivity contribution >= 4 is 34.7 Å². The van der Waals surface area contributed by atoms with Gasteiger partial charge in [0.15, 0.2) is 5.43 Å². The van der Waals surface area contributed by atoms with Crippen LogP contribution in [-0.4, -0.2) is 4.98 Å². The van der Waals surface area contributed by atoms with E-state index in [9.17, 15) is 4.79 Å². The lowest BCUT2D eigenvalue weighted by Gasteiger charge is -2.02. The first-order chi connectivity index (χ1) is 10.1. The maximum absolute atomic E-state index is 12.2. The number of pyridine rings is 1.